The highest BCUT2D eigenvalue weighted by molar-refractivity contribution is 4.97. The van der Waals surface area contributed by atoms with E-state index in [1.165, 1.54) is 0 Å². The summed E-state index contributed by atoms with van der Waals surface area (Å²) in [5.74, 6) is 4.94. The molecule has 1 unspecified atom stereocenters. The van der Waals surface area contributed by atoms with Crippen molar-refractivity contribution in [3.8, 4) is 0 Å². The molecule has 2 N–H and O–H groups in total. The molecule has 10 heavy (non-hydrogen) atoms. The predicted octanol–water partition coefficient (Wildman–Crippen LogP) is 0.428. The van der Waals surface area contributed by atoms with Crippen LogP contribution in [0, 0.1) is 0 Å². The molecule has 0 fully saturated rings. The molecule has 0 bridgehead atoms. The average molecular weight is 139 g/mol. The first kappa shape index (κ1) is 7.11. The fourth-order valence-electron chi connectivity index (χ4n) is 0.590. The van der Waals surface area contributed by atoms with Gasteiger partial charge in [0.2, 0.25) is 0 Å². The van der Waals surface area contributed by atoms with Crippen LogP contribution in [0.25, 0.3) is 0 Å². The summed E-state index contributed by atoms with van der Waals surface area (Å²) < 4.78 is 0. The predicted molar refractivity (Wildman–Crippen MR) is 35.7 cm³/mol. The minimum Gasteiger partial charge on any atom is -0.295 e. The molecule has 1 aromatic heterocycles. The number of hydrogen-bond acceptors (Lipinski definition) is 4. The van der Waals surface area contributed by atoms with Crippen molar-refractivity contribution in [2.45, 2.75) is 13.0 Å². The Morgan fingerprint density at radius 2 is 2.40 bits per heavy atom. The molecule has 0 spiro atoms. The SMILES string of the molecule is CC(ON)c1cnccn1. The maximum Gasteiger partial charge on any atom is 0.119 e. The van der Waals surface area contributed by atoms with Crippen molar-refractivity contribution in [3.63, 3.8) is 0 Å². The van der Waals surface area contributed by atoms with E-state index >= 15 is 0 Å². The summed E-state index contributed by atoms with van der Waals surface area (Å²) in [6, 6.07) is 0. The van der Waals surface area contributed by atoms with Gasteiger partial charge in [0.15, 0.2) is 0 Å². The van der Waals surface area contributed by atoms with Crippen LogP contribution in [0.4, 0.5) is 0 Å². The van der Waals surface area contributed by atoms with Crippen LogP contribution in [0.3, 0.4) is 0 Å². The van der Waals surface area contributed by atoms with Crippen LogP contribution in [-0.2, 0) is 4.84 Å². The second-order valence-electron chi connectivity index (χ2n) is 1.91. The molecular formula is C6H9N3O. The highest BCUT2D eigenvalue weighted by atomic mass is 16.6. The summed E-state index contributed by atoms with van der Waals surface area (Å²) in [5.41, 5.74) is 0.741. The summed E-state index contributed by atoms with van der Waals surface area (Å²) in [5, 5.41) is 0. The fourth-order valence-corrected chi connectivity index (χ4v) is 0.590. The van der Waals surface area contributed by atoms with E-state index in [9.17, 15) is 0 Å². The zero-order chi connectivity index (χ0) is 7.40. The lowest BCUT2D eigenvalue weighted by Crippen LogP contribution is -2.06. The van der Waals surface area contributed by atoms with E-state index in [-0.39, 0.29) is 6.10 Å². The Bertz CT molecular complexity index is 189. The summed E-state index contributed by atoms with van der Waals surface area (Å²) in [7, 11) is 0. The lowest BCUT2D eigenvalue weighted by Gasteiger charge is -2.04. The third kappa shape index (κ3) is 1.49. The lowest BCUT2D eigenvalue weighted by molar-refractivity contribution is 0.0631. The van der Waals surface area contributed by atoms with E-state index < -0.39 is 0 Å². The van der Waals surface area contributed by atoms with E-state index in [4.69, 9.17) is 5.90 Å². The van der Waals surface area contributed by atoms with E-state index in [1.54, 1.807) is 18.6 Å². The van der Waals surface area contributed by atoms with Gasteiger partial charge in [0, 0.05) is 12.4 Å². The van der Waals surface area contributed by atoms with Gasteiger partial charge in [-0.15, -0.1) is 0 Å². The van der Waals surface area contributed by atoms with Crippen molar-refractivity contribution in [1.29, 1.82) is 0 Å². The van der Waals surface area contributed by atoms with Crippen LogP contribution in [0.15, 0.2) is 18.6 Å². The first-order valence-corrected chi connectivity index (χ1v) is 2.96. The Morgan fingerprint density at radius 3 is 2.90 bits per heavy atom. The molecule has 1 rings (SSSR count). The van der Waals surface area contributed by atoms with Gasteiger partial charge in [-0.25, -0.2) is 5.90 Å². The topological polar surface area (TPSA) is 61.0 Å². The van der Waals surface area contributed by atoms with Crippen LogP contribution >= 0.6 is 0 Å². The van der Waals surface area contributed by atoms with Crippen LogP contribution in [0.2, 0.25) is 0 Å². The van der Waals surface area contributed by atoms with Gasteiger partial charge < -0.3 is 0 Å². The fraction of sp³-hybridized carbons (Fsp3) is 0.333. The monoisotopic (exact) mass is 139 g/mol. The molecule has 1 atom stereocenters. The largest absolute Gasteiger partial charge is 0.295 e. The molecule has 0 aliphatic carbocycles. The molecule has 0 saturated carbocycles. The van der Waals surface area contributed by atoms with Crippen LogP contribution < -0.4 is 5.90 Å². The standard InChI is InChI=1S/C6H9N3O/c1-5(10-7)6-4-8-2-3-9-6/h2-5H,7H2,1H3. The van der Waals surface area contributed by atoms with E-state index in [2.05, 4.69) is 14.8 Å². The van der Waals surface area contributed by atoms with Gasteiger partial charge in [0.1, 0.15) is 6.10 Å². The minimum absolute atomic E-state index is 0.186. The number of nitrogens with zero attached hydrogens (tertiary/aromatic N) is 2. The lowest BCUT2D eigenvalue weighted by atomic mass is 10.3. The first-order chi connectivity index (χ1) is 4.84. The molecule has 0 aliphatic heterocycles. The van der Waals surface area contributed by atoms with E-state index in [0.29, 0.717) is 0 Å². The Labute approximate surface area is 59.0 Å². The van der Waals surface area contributed by atoms with Crippen LogP contribution in [-0.4, -0.2) is 9.97 Å². The van der Waals surface area contributed by atoms with Crippen molar-refractivity contribution < 1.29 is 4.84 Å². The normalized spacial score (nSPS) is 13.0. The van der Waals surface area contributed by atoms with Gasteiger partial charge in [-0.05, 0) is 6.92 Å². The third-order valence-corrected chi connectivity index (χ3v) is 1.20. The molecule has 0 amide bonds. The number of aromatic nitrogens is 2. The second-order valence-corrected chi connectivity index (χ2v) is 1.91. The van der Waals surface area contributed by atoms with Crippen molar-refractivity contribution in [2.24, 2.45) is 5.90 Å². The van der Waals surface area contributed by atoms with Gasteiger partial charge in [0.05, 0.1) is 11.9 Å². The highest BCUT2D eigenvalue weighted by Gasteiger charge is 2.03. The number of rotatable bonds is 2. The van der Waals surface area contributed by atoms with Crippen molar-refractivity contribution in [1.82, 2.24) is 9.97 Å². The van der Waals surface area contributed by atoms with Crippen molar-refractivity contribution >= 4 is 0 Å². The molecule has 4 nitrogen and oxygen atoms in total. The summed E-state index contributed by atoms with van der Waals surface area (Å²) in [6.45, 7) is 1.81. The minimum atomic E-state index is -0.186. The average Bonchev–Trinajstić information content (AvgIpc) is 2.05. The van der Waals surface area contributed by atoms with Gasteiger partial charge in [-0.1, -0.05) is 0 Å². The number of nitrogens with two attached hydrogens (primary N) is 1. The third-order valence-electron chi connectivity index (χ3n) is 1.20. The summed E-state index contributed by atoms with van der Waals surface area (Å²) >= 11 is 0. The van der Waals surface area contributed by atoms with Crippen LogP contribution in [0.5, 0.6) is 0 Å². The Hall–Kier alpha value is -1.00. The maximum absolute atomic E-state index is 4.94. The zero-order valence-corrected chi connectivity index (χ0v) is 5.69. The van der Waals surface area contributed by atoms with Crippen LogP contribution in [0.1, 0.15) is 18.7 Å². The van der Waals surface area contributed by atoms with Gasteiger partial charge in [-0.3, -0.25) is 14.8 Å². The number of hydrogen-bond donors (Lipinski definition) is 1. The molecule has 0 aliphatic rings. The van der Waals surface area contributed by atoms with Gasteiger partial charge in [-0.2, -0.15) is 0 Å². The smallest absolute Gasteiger partial charge is 0.119 e. The highest BCUT2D eigenvalue weighted by Crippen LogP contribution is 2.07. The van der Waals surface area contributed by atoms with Crippen molar-refractivity contribution in [3.05, 3.63) is 24.3 Å². The molecule has 1 heterocycles. The molecule has 54 valence electrons. The quantitative estimate of drug-likeness (QED) is 0.603. The van der Waals surface area contributed by atoms with Gasteiger partial charge in [0.25, 0.3) is 0 Å². The zero-order valence-electron chi connectivity index (χ0n) is 5.69. The molecule has 0 saturated heterocycles. The Balaban J connectivity index is 2.75. The Kier molecular flexibility index (Phi) is 2.30. The molecular weight excluding hydrogens is 130 g/mol. The molecule has 1 aromatic rings. The summed E-state index contributed by atoms with van der Waals surface area (Å²) in [4.78, 5) is 12.4. The second kappa shape index (κ2) is 3.24. The van der Waals surface area contributed by atoms with Gasteiger partial charge >= 0.3 is 0 Å². The Morgan fingerprint density at radius 1 is 1.60 bits per heavy atom. The van der Waals surface area contributed by atoms with E-state index in [1.807, 2.05) is 6.92 Å². The molecule has 0 aromatic carbocycles. The summed E-state index contributed by atoms with van der Waals surface area (Å²) in [6.07, 6.45) is 4.64. The van der Waals surface area contributed by atoms with E-state index in [0.717, 1.165) is 5.69 Å². The molecule has 4 heteroatoms. The molecule has 0 radical (unpaired) electrons. The maximum atomic E-state index is 4.94. The van der Waals surface area contributed by atoms with Crippen molar-refractivity contribution in [2.75, 3.05) is 0 Å². The first-order valence-electron chi connectivity index (χ1n) is 2.96.